The van der Waals surface area contributed by atoms with Crippen LogP contribution in [0.2, 0.25) is 0 Å². The summed E-state index contributed by atoms with van der Waals surface area (Å²) in [5.41, 5.74) is 4.27. The van der Waals surface area contributed by atoms with Gasteiger partial charge in [0.05, 0.1) is 12.7 Å². The minimum atomic E-state index is -0.0652. The molecule has 170 valence electrons. The predicted molar refractivity (Wildman–Crippen MR) is 125 cm³/mol. The van der Waals surface area contributed by atoms with Crippen LogP contribution in [0.15, 0.2) is 47.5 Å². The molecule has 1 amide bonds. The molecule has 2 aromatic carbocycles. The van der Waals surface area contributed by atoms with E-state index >= 15 is 0 Å². The fourth-order valence-electron chi connectivity index (χ4n) is 4.06. The van der Waals surface area contributed by atoms with Crippen molar-refractivity contribution in [3.05, 3.63) is 64.7 Å². The SMILES string of the molecule is CN=C(NCCc1ccc2c(c1)CCO2)NCc1cccc(C(=O)NCC2CCCO2)c1. The van der Waals surface area contributed by atoms with E-state index in [-0.39, 0.29) is 12.0 Å². The van der Waals surface area contributed by atoms with Gasteiger partial charge in [0.2, 0.25) is 0 Å². The zero-order valence-corrected chi connectivity index (χ0v) is 18.7. The molecule has 1 unspecified atom stereocenters. The number of hydrogen-bond acceptors (Lipinski definition) is 4. The number of nitrogens with zero attached hydrogens (tertiary/aromatic N) is 1. The van der Waals surface area contributed by atoms with Crippen LogP contribution in [-0.4, -0.2) is 51.3 Å². The van der Waals surface area contributed by atoms with Crippen molar-refractivity contribution in [3.8, 4) is 5.75 Å². The fourth-order valence-corrected chi connectivity index (χ4v) is 4.06. The first-order chi connectivity index (χ1) is 15.7. The molecule has 0 aromatic heterocycles. The van der Waals surface area contributed by atoms with Crippen LogP contribution in [0.4, 0.5) is 0 Å². The van der Waals surface area contributed by atoms with Gasteiger partial charge in [-0.05, 0) is 54.2 Å². The first kappa shape index (κ1) is 22.1. The lowest BCUT2D eigenvalue weighted by atomic mass is 10.1. The average Bonchev–Trinajstić information content (AvgIpc) is 3.51. The second-order valence-electron chi connectivity index (χ2n) is 8.19. The molecule has 0 saturated carbocycles. The van der Waals surface area contributed by atoms with E-state index in [4.69, 9.17) is 9.47 Å². The second kappa shape index (κ2) is 11.0. The van der Waals surface area contributed by atoms with Crippen LogP contribution in [0.25, 0.3) is 0 Å². The summed E-state index contributed by atoms with van der Waals surface area (Å²) in [6.45, 7) is 3.51. The van der Waals surface area contributed by atoms with Crippen molar-refractivity contribution >= 4 is 11.9 Å². The third-order valence-electron chi connectivity index (χ3n) is 5.85. The average molecular weight is 437 g/mol. The fraction of sp³-hybridized carbons (Fsp3) is 0.440. The molecule has 1 saturated heterocycles. The summed E-state index contributed by atoms with van der Waals surface area (Å²) in [5, 5.41) is 9.66. The molecule has 7 nitrogen and oxygen atoms in total. The highest BCUT2D eigenvalue weighted by Crippen LogP contribution is 2.25. The summed E-state index contributed by atoms with van der Waals surface area (Å²) in [4.78, 5) is 16.8. The van der Waals surface area contributed by atoms with Gasteiger partial charge >= 0.3 is 0 Å². The number of carbonyl (C=O) groups excluding carboxylic acids is 1. The Kier molecular flexibility index (Phi) is 7.61. The third-order valence-corrected chi connectivity index (χ3v) is 5.85. The van der Waals surface area contributed by atoms with Gasteiger partial charge < -0.3 is 25.4 Å². The van der Waals surface area contributed by atoms with Gasteiger partial charge in [-0.2, -0.15) is 0 Å². The number of fused-ring (bicyclic) bond motifs is 1. The van der Waals surface area contributed by atoms with Crippen molar-refractivity contribution in [3.63, 3.8) is 0 Å². The molecule has 1 fully saturated rings. The van der Waals surface area contributed by atoms with Gasteiger partial charge in [0, 0.05) is 45.3 Å². The Labute approximate surface area is 189 Å². The molecule has 32 heavy (non-hydrogen) atoms. The van der Waals surface area contributed by atoms with Crippen molar-refractivity contribution in [2.24, 2.45) is 4.99 Å². The Hall–Kier alpha value is -3.06. The molecule has 1 atom stereocenters. The maximum atomic E-state index is 12.5. The van der Waals surface area contributed by atoms with Gasteiger partial charge in [-0.3, -0.25) is 9.79 Å². The molecular weight excluding hydrogens is 404 g/mol. The molecular formula is C25H32N4O3. The number of ether oxygens (including phenoxy) is 2. The van der Waals surface area contributed by atoms with Gasteiger partial charge in [-0.25, -0.2) is 0 Å². The van der Waals surface area contributed by atoms with E-state index in [1.165, 1.54) is 11.1 Å². The Morgan fingerprint density at radius 2 is 2.03 bits per heavy atom. The largest absolute Gasteiger partial charge is 0.493 e. The zero-order valence-electron chi connectivity index (χ0n) is 18.7. The highest BCUT2D eigenvalue weighted by molar-refractivity contribution is 5.94. The first-order valence-electron chi connectivity index (χ1n) is 11.4. The van der Waals surface area contributed by atoms with Crippen molar-refractivity contribution in [1.29, 1.82) is 0 Å². The van der Waals surface area contributed by atoms with Crippen LogP contribution in [0.1, 0.15) is 39.9 Å². The highest BCUT2D eigenvalue weighted by atomic mass is 16.5. The molecule has 0 bridgehead atoms. The van der Waals surface area contributed by atoms with E-state index in [1.807, 2.05) is 24.3 Å². The van der Waals surface area contributed by atoms with Crippen molar-refractivity contribution in [2.45, 2.75) is 38.3 Å². The van der Waals surface area contributed by atoms with Crippen LogP contribution < -0.4 is 20.7 Å². The minimum Gasteiger partial charge on any atom is -0.493 e. The van der Waals surface area contributed by atoms with Crippen molar-refractivity contribution < 1.29 is 14.3 Å². The Bertz CT molecular complexity index is 954. The lowest BCUT2D eigenvalue weighted by molar-refractivity contribution is 0.0857. The standard InChI is InChI=1S/C25H32N4O3/c1-26-25(27-11-9-18-7-8-23-20(14-18)10-13-32-23)29-16-19-4-2-5-21(15-19)24(30)28-17-22-6-3-12-31-22/h2,4-5,7-8,14-15,22H,3,6,9-13,16-17H2,1H3,(H,28,30)(H2,26,27,29). The lowest BCUT2D eigenvalue weighted by Gasteiger charge is -2.13. The maximum Gasteiger partial charge on any atom is 0.251 e. The molecule has 0 radical (unpaired) electrons. The summed E-state index contributed by atoms with van der Waals surface area (Å²) in [6, 6.07) is 14.1. The Morgan fingerprint density at radius 1 is 1.09 bits per heavy atom. The molecule has 2 aromatic rings. The zero-order chi connectivity index (χ0) is 22.2. The van der Waals surface area contributed by atoms with Gasteiger partial charge in [-0.1, -0.05) is 24.3 Å². The Morgan fingerprint density at radius 3 is 2.88 bits per heavy atom. The van der Waals surface area contributed by atoms with Crippen molar-refractivity contribution in [2.75, 3.05) is 33.4 Å². The number of carbonyl (C=O) groups is 1. The summed E-state index contributed by atoms with van der Waals surface area (Å²) in [5.74, 6) is 1.69. The topological polar surface area (TPSA) is 84.0 Å². The van der Waals surface area contributed by atoms with Gasteiger partial charge in [0.15, 0.2) is 5.96 Å². The number of nitrogens with one attached hydrogen (secondary N) is 3. The normalized spacial score (nSPS) is 17.5. The first-order valence-corrected chi connectivity index (χ1v) is 11.4. The van der Waals surface area contributed by atoms with Crippen LogP contribution in [0, 0.1) is 0 Å². The molecule has 4 rings (SSSR count). The molecule has 3 N–H and O–H groups in total. The van der Waals surface area contributed by atoms with Crippen LogP contribution in [0.5, 0.6) is 5.75 Å². The molecule has 2 heterocycles. The number of guanidine groups is 1. The Balaban J connectivity index is 1.22. The van der Waals surface area contributed by atoms with Gasteiger partial charge in [0.25, 0.3) is 5.91 Å². The van der Waals surface area contributed by atoms with Crippen LogP contribution >= 0.6 is 0 Å². The predicted octanol–water partition coefficient (Wildman–Crippen LogP) is 2.44. The van der Waals surface area contributed by atoms with Crippen molar-refractivity contribution in [1.82, 2.24) is 16.0 Å². The van der Waals surface area contributed by atoms with Gasteiger partial charge in [0.1, 0.15) is 5.75 Å². The van der Waals surface area contributed by atoms with E-state index < -0.39 is 0 Å². The number of amides is 1. The lowest BCUT2D eigenvalue weighted by Crippen LogP contribution is -2.38. The maximum absolute atomic E-state index is 12.5. The molecule has 2 aliphatic heterocycles. The molecule has 7 heteroatoms. The van der Waals surface area contributed by atoms with E-state index in [9.17, 15) is 4.79 Å². The smallest absolute Gasteiger partial charge is 0.251 e. The van der Waals surface area contributed by atoms with E-state index in [1.54, 1.807) is 7.05 Å². The van der Waals surface area contributed by atoms with E-state index in [0.717, 1.165) is 62.7 Å². The monoisotopic (exact) mass is 436 g/mol. The van der Waals surface area contributed by atoms with Crippen LogP contribution in [-0.2, 0) is 24.1 Å². The van der Waals surface area contributed by atoms with E-state index in [0.29, 0.717) is 18.7 Å². The summed E-state index contributed by atoms with van der Waals surface area (Å²) in [6.07, 6.45) is 4.12. The van der Waals surface area contributed by atoms with Crippen LogP contribution in [0.3, 0.4) is 0 Å². The molecule has 0 spiro atoms. The minimum absolute atomic E-state index is 0.0652. The molecule has 0 aliphatic carbocycles. The van der Waals surface area contributed by atoms with E-state index in [2.05, 4.69) is 39.1 Å². The summed E-state index contributed by atoms with van der Waals surface area (Å²) < 4.78 is 11.1. The quantitative estimate of drug-likeness (QED) is 0.437. The number of aliphatic imine (C=N–C) groups is 1. The number of benzene rings is 2. The summed E-state index contributed by atoms with van der Waals surface area (Å²) >= 11 is 0. The number of rotatable bonds is 8. The second-order valence-corrected chi connectivity index (χ2v) is 8.19. The van der Waals surface area contributed by atoms with Gasteiger partial charge in [-0.15, -0.1) is 0 Å². The number of hydrogen-bond donors (Lipinski definition) is 3. The third kappa shape index (κ3) is 6.01. The molecule has 2 aliphatic rings. The summed E-state index contributed by atoms with van der Waals surface area (Å²) in [7, 11) is 1.76. The highest BCUT2D eigenvalue weighted by Gasteiger charge is 2.17.